The molecular weight excluding hydrogens is 350 g/mol. The van der Waals surface area contributed by atoms with Crippen LogP contribution in [-0.2, 0) is 9.59 Å². The van der Waals surface area contributed by atoms with Gasteiger partial charge >= 0.3 is 5.69 Å². The van der Waals surface area contributed by atoms with Crippen molar-refractivity contribution in [2.45, 2.75) is 13.3 Å². The number of piperazine rings is 1. The third kappa shape index (κ3) is 5.06. The Hall–Kier alpha value is -2.35. The molecule has 0 N–H and O–H groups in total. The lowest BCUT2D eigenvalue weighted by molar-refractivity contribution is -0.385. The van der Waals surface area contributed by atoms with Gasteiger partial charge in [-0.2, -0.15) is 0 Å². The molecule has 0 aromatic heterocycles. The van der Waals surface area contributed by atoms with Gasteiger partial charge in [0.2, 0.25) is 11.8 Å². The minimum atomic E-state index is -0.503. The van der Waals surface area contributed by atoms with E-state index in [0.29, 0.717) is 26.2 Å². The lowest BCUT2D eigenvalue weighted by Crippen LogP contribution is -2.51. The van der Waals surface area contributed by atoms with Crippen LogP contribution in [0.2, 0.25) is 0 Å². The SMILES string of the molecule is Cc1ccc(OCCC(=O)N2CCN(C(=O)CCl)CC2)c([N+](=O)[O-])c1. The van der Waals surface area contributed by atoms with Crippen molar-refractivity contribution >= 4 is 29.1 Å². The molecule has 0 unspecified atom stereocenters. The average Bonchev–Trinajstić information content (AvgIpc) is 2.62. The van der Waals surface area contributed by atoms with E-state index >= 15 is 0 Å². The molecular formula is C16H20ClN3O5. The summed E-state index contributed by atoms with van der Waals surface area (Å²) in [5.41, 5.74) is 0.653. The van der Waals surface area contributed by atoms with Gasteiger partial charge in [-0.05, 0) is 18.6 Å². The first-order chi connectivity index (χ1) is 11.9. The highest BCUT2D eigenvalue weighted by atomic mass is 35.5. The molecule has 1 aromatic carbocycles. The predicted octanol–water partition coefficient (Wildman–Crippen LogP) is 1.58. The maximum absolute atomic E-state index is 12.2. The molecule has 0 radical (unpaired) electrons. The summed E-state index contributed by atoms with van der Waals surface area (Å²) in [5.74, 6) is -0.144. The zero-order valence-corrected chi connectivity index (χ0v) is 14.7. The van der Waals surface area contributed by atoms with Gasteiger partial charge in [-0.25, -0.2) is 0 Å². The van der Waals surface area contributed by atoms with Gasteiger partial charge in [0, 0.05) is 32.2 Å². The van der Waals surface area contributed by atoms with Crippen molar-refractivity contribution in [1.82, 2.24) is 9.80 Å². The number of aryl methyl sites for hydroxylation is 1. The summed E-state index contributed by atoms with van der Waals surface area (Å²) >= 11 is 5.52. The molecule has 2 rings (SSSR count). The average molecular weight is 370 g/mol. The van der Waals surface area contributed by atoms with E-state index in [0.717, 1.165) is 5.56 Å². The first-order valence-electron chi connectivity index (χ1n) is 7.91. The number of hydrogen-bond donors (Lipinski definition) is 0. The number of hydrogen-bond acceptors (Lipinski definition) is 5. The molecule has 1 aromatic rings. The van der Waals surface area contributed by atoms with Gasteiger partial charge in [0.1, 0.15) is 5.88 Å². The van der Waals surface area contributed by atoms with Crippen LogP contribution in [0.3, 0.4) is 0 Å². The van der Waals surface area contributed by atoms with Crippen LogP contribution in [0.25, 0.3) is 0 Å². The molecule has 0 aliphatic carbocycles. The second-order valence-electron chi connectivity index (χ2n) is 5.72. The number of ether oxygens (including phenoxy) is 1. The lowest BCUT2D eigenvalue weighted by Gasteiger charge is -2.34. The van der Waals surface area contributed by atoms with E-state index in [1.165, 1.54) is 12.1 Å². The van der Waals surface area contributed by atoms with Gasteiger partial charge in [-0.3, -0.25) is 19.7 Å². The van der Waals surface area contributed by atoms with Crippen LogP contribution in [-0.4, -0.2) is 65.2 Å². The van der Waals surface area contributed by atoms with Gasteiger partial charge < -0.3 is 14.5 Å². The number of amides is 2. The molecule has 136 valence electrons. The number of carbonyl (C=O) groups is 2. The minimum Gasteiger partial charge on any atom is -0.486 e. The minimum absolute atomic E-state index is 0.0584. The highest BCUT2D eigenvalue weighted by Gasteiger charge is 2.23. The third-order valence-electron chi connectivity index (χ3n) is 3.98. The van der Waals surface area contributed by atoms with Crippen molar-refractivity contribution in [1.29, 1.82) is 0 Å². The molecule has 1 fully saturated rings. The van der Waals surface area contributed by atoms with E-state index < -0.39 is 4.92 Å². The summed E-state index contributed by atoms with van der Waals surface area (Å²) in [5, 5.41) is 11.0. The van der Waals surface area contributed by atoms with Crippen molar-refractivity contribution in [3.63, 3.8) is 0 Å². The van der Waals surface area contributed by atoms with Gasteiger partial charge in [0.25, 0.3) is 0 Å². The van der Waals surface area contributed by atoms with E-state index in [2.05, 4.69) is 0 Å². The molecule has 25 heavy (non-hydrogen) atoms. The first kappa shape index (κ1) is 19.0. The molecule has 0 bridgehead atoms. The quantitative estimate of drug-likeness (QED) is 0.431. The Morgan fingerprint density at radius 1 is 1.20 bits per heavy atom. The Bertz CT molecular complexity index is 659. The molecule has 1 saturated heterocycles. The first-order valence-corrected chi connectivity index (χ1v) is 8.45. The number of rotatable bonds is 6. The maximum atomic E-state index is 12.2. The van der Waals surface area contributed by atoms with Crippen LogP contribution in [0.1, 0.15) is 12.0 Å². The summed E-state index contributed by atoms with van der Waals surface area (Å²) < 4.78 is 5.42. The maximum Gasteiger partial charge on any atom is 0.311 e. The Morgan fingerprint density at radius 3 is 2.36 bits per heavy atom. The Kier molecular flexibility index (Phi) is 6.58. The molecule has 1 heterocycles. The summed E-state index contributed by atoms with van der Waals surface area (Å²) in [6, 6.07) is 4.69. The Morgan fingerprint density at radius 2 is 1.80 bits per heavy atom. The highest BCUT2D eigenvalue weighted by molar-refractivity contribution is 6.27. The van der Waals surface area contributed by atoms with Gasteiger partial charge in [-0.15, -0.1) is 11.6 Å². The molecule has 2 amide bonds. The highest BCUT2D eigenvalue weighted by Crippen LogP contribution is 2.27. The monoisotopic (exact) mass is 369 g/mol. The van der Waals surface area contributed by atoms with Crippen molar-refractivity contribution in [3.8, 4) is 5.75 Å². The zero-order chi connectivity index (χ0) is 18.4. The number of carbonyl (C=O) groups excluding carboxylic acids is 2. The number of halogens is 1. The van der Waals surface area contributed by atoms with Crippen molar-refractivity contribution < 1.29 is 19.2 Å². The van der Waals surface area contributed by atoms with Gasteiger partial charge in [0.05, 0.1) is 18.0 Å². The van der Waals surface area contributed by atoms with Crippen LogP contribution in [0.5, 0.6) is 5.75 Å². The fraction of sp³-hybridized carbons (Fsp3) is 0.500. The number of nitro groups is 1. The van der Waals surface area contributed by atoms with E-state index in [1.807, 2.05) is 0 Å². The smallest absolute Gasteiger partial charge is 0.311 e. The third-order valence-corrected chi connectivity index (χ3v) is 4.21. The van der Waals surface area contributed by atoms with Crippen molar-refractivity contribution in [3.05, 3.63) is 33.9 Å². The second-order valence-corrected chi connectivity index (χ2v) is 5.99. The normalized spacial score (nSPS) is 14.3. The molecule has 0 saturated carbocycles. The number of nitrogens with zero attached hydrogens (tertiary/aromatic N) is 3. The summed E-state index contributed by atoms with van der Waals surface area (Å²) in [6.45, 7) is 3.64. The van der Waals surface area contributed by atoms with Crippen LogP contribution in [0.4, 0.5) is 5.69 Å². The summed E-state index contributed by atoms with van der Waals surface area (Å²) in [7, 11) is 0. The van der Waals surface area contributed by atoms with E-state index in [1.54, 1.807) is 22.8 Å². The number of alkyl halides is 1. The molecule has 0 spiro atoms. The zero-order valence-electron chi connectivity index (χ0n) is 13.9. The summed E-state index contributed by atoms with van der Waals surface area (Å²) in [6.07, 6.45) is 0.120. The van der Waals surface area contributed by atoms with E-state index in [-0.39, 0.29) is 42.2 Å². The van der Waals surface area contributed by atoms with Crippen LogP contribution in [0, 0.1) is 17.0 Å². The van der Waals surface area contributed by atoms with E-state index in [9.17, 15) is 19.7 Å². The predicted molar refractivity (Wildman–Crippen MR) is 91.8 cm³/mol. The van der Waals surface area contributed by atoms with Gasteiger partial charge in [-0.1, -0.05) is 6.07 Å². The largest absolute Gasteiger partial charge is 0.486 e. The fourth-order valence-electron chi connectivity index (χ4n) is 2.59. The number of nitro benzene ring substituents is 1. The standard InChI is InChI=1S/C16H20ClN3O5/c1-12-2-3-14(13(10-12)20(23)24)25-9-4-15(21)18-5-7-19(8-6-18)16(22)11-17/h2-3,10H,4-9,11H2,1H3. The van der Waals surface area contributed by atoms with Crippen LogP contribution < -0.4 is 4.74 Å². The Balaban J connectivity index is 1.82. The molecule has 8 nitrogen and oxygen atoms in total. The van der Waals surface area contributed by atoms with Gasteiger partial charge in [0.15, 0.2) is 5.75 Å². The molecule has 0 atom stereocenters. The molecule has 1 aliphatic heterocycles. The lowest BCUT2D eigenvalue weighted by atomic mass is 10.2. The topological polar surface area (TPSA) is 93.0 Å². The van der Waals surface area contributed by atoms with E-state index in [4.69, 9.17) is 16.3 Å². The molecule has 9 heteroatoms. The fourth-order valence-corrected chi connectivity index (χ4v) is 2.76. The summed E-state index contributed by atoms with van der Waals surface area (Å²) in [4.78, 5) is 37.5. The van der Waals surface area contributed by atoms with Crippen LogP contribution >= 0.6 is 11.6 Å². The molecule has 1 aliphatic rings. The number of benzene rings is 1. The van der Waals surface area contributed by atoms with Crippen LogP contribution in [0.15, 0.2) is 18.2 Å². The van der Waals surface area contributed by atoms with Crippen molar-refractivity contribution in [2.75, 3.05) is 38.7 Å². The van der Waals surface area contributed by atoms with Crippen molar-refractivity contribution in [2.24, 2.45) is 0 Å². The Labute approximate surface area is 150 Å². The second kappa shape index (κ2) is 8.66.